The molecule has 76 heavy (non-hydrogen) atoms. The molecule has 0 saturated carbocycles. The first-order valence-electron chi connectivity index (χ1n) is 25.5. The van der Waals surface area contributed by atoms with Crippen molar-refractivity contribution in [3.8, 4) is 0 Å². The van der Waals surface area contributed by atoms with Gasteiger partial charge in [0.2, 0.25) is 0 Å². The number of hydrogen-bond acceptors (Lipinski definition) is 21. The molecule has 5 aliphatic heterocycles. The highest BCUT2D eigenvalue weighted by Crippen LogP contribution is 2.29. The monoisotopic (exact) mass is 1080 g/mol. The molecule has 0 radical (unpaired) electrons. The summed E-state index contributed by atoms with van der Waals surface area (Å²) in [5, 5.41) is 9.53. The predicted molar refractivity (Wildman–Crippen MR) is 272 cm³/mol. The number of aliphatic hydroxyl groups is 1. The van der Waals surface area contributed by atoms with Crippen LogP contribution >= 0.6 is 0 Å². The van der Waals surface area contributed by atoms with Crippen molar-refractivity contribution in [3.63, 3.8) is 0 Å². The molecule has 0 aliphatic carbocycles. The Hall–Kier alpha value is -6.64. The molecule has 0 aromatic rings. The standard InChI is InChI=1S/C12H18O4.C11H16O5.2C11H16O4.C10H14O4/c1-8(2)11(14)16-12(3,4)9-6-5-7-10(13)15-9;1-2-10(13)15-7-8(12)6-9-4-3-5-11(14)16-9;1-8(2)11(13)14-7-6-9-4-3-5-10(12)15-9;1-4-9(12)15-11(2,3)8-6-5-7-10(13)14-8;1-2-9(11)13-7-6-8-4-3-5-10(12)14-8/h9H,1,5-7H2,2-4H3;2,8-9,12H,1,3-7H2;9H,1,3-7H2,2H3;4,8H,1,5-7H2,2-3H3;2,8H,1,3-7H2. The van der Waals surface area contributed by atoms with Gasteiger partial charge in [-0.3, -0.25) is 24.0 Å². The second-order valence-electron chi connectivity index (χ2n) is 19.3. The molecule has 5 rings (SSSR count). The second-order valence-corrected chi connectivity index (χ2v) is 19.3. The van der Waals surface area contributed by atoms with Crippen molar-refractivity contribution in [1.29, 1.82) is 0 Å². The highest BCUT2D eigenvalue weighted by Gasteiger charge is 2.39. The summed E-state index contributed by atoms with van der Waals surface area (Å²) in [4.78, 5) is 110. The smallest absolute Gasteiger partial charge is 0.333 e. The number of rotatable bonds is 19. The van der Waals surface area contributed by atoms with Gasteiger partial charge < -0.3 is 52.5 Å². The fraction of sp³-hybridized carbons (Fsp3) is 0.636. The van der Waals surface area contributed by atoms with Crippen molar-refractivity contribution in [2.24, 2.45) is 0 Å². The lowest BCUT2D eigenvalue weighted by Gasteiger charge is -2.35. The molecule has 5 saturated heterocycles. The fourth-order valence-electron chi connectivity index (χ4n) is 7.42. The van der Waals surface area contributed by atoms with Crippen molar-refractivity contribution in [2.45, 2.75) is 205 Å². The second kappa shape index (κ2) is 35.6. The topological polar surface area (TPSA) is 283 Å². The van der Waals surface area contributed by atoms with Crippen LogP contribution in [0.1, 0.15) is 157 Å². The molecule has 0 spiro atoms. The van der Waals surface area contributed by atoms with Crippen LogP contribution in [0.15, 0.2) is 62.3 Å². The normalized spacial score (nSPS) is 21.4. The first-order chi connectivity index (χ1) is 35.7. The highest BCUT2D eigenvalue weighted by molar-refractivity contribution is 5.87. The summed E-state index contributed by atoms with van der Waals surface area (Å²) in [6, 6.07) is 0. The van der Waals surface area contributed by atoms with Gasteiger partial charge in [-0.25, -0.2) is 24.0 Å². The molecular weight excluding hydrogens is 997 g/mol. The Morgan fingerprint density at radius 3 is 1.28 bits per heavy atom. The lowest BCUT2D eigenvalue weighted by Crippen LogP contribution is -2.45. The Morgan fingerprint density at radius 2 is 0.882 bits per heavy atom. The maximum absolute atomic E-state index is 11.4. The Bertz CT molecular complexity index is 2030. The van der Waals surface area contributed by atoms with E-state index in [0.717, 1.165) is 82.4 Å². The van der Waals surface area contributed by atoms with Crippen molar-refractivity contribution in [1.82, 2.24) is 0 Å². The SMILES string of the molecule is C=C(C)C(=O)OC(C)(C)C1CCCC(=O)O1.C=C(C)C(=O)OCCC1CCCC(=O)O1.C=CC(=O)OC(C)(C)C1CCCC(=O)O1.C=CC(=O)OCC(O)CC1CCCC(=O)O1.C=CC(=O)OCCC1CCCC(=O)O1. The summed E-state index contributed by atoms with van der Waals surface area (Å²) in [6.45, 7) is 27.4. The van der Waals surface area contributed by atoms with E-state index < -0.39 is 47.2 Å². The molecule has 5 fully saturated rings. The van der Waals surface area contributed by atoms with Gasteiger partial charge in [0.1, 0.15) is 48.3 Å². The van der Waals surface area contributed by atoms with E-state index in [1.807, 2.05) is 0 Å². The van der Waals surface area contributed by atoms with E-state index in [0.29, 0.717) is 62.5 Å². The average Bonchev–Trinajstić information content (AvgIpc) is 3.36. The number of hydrogen-bond donors (Lipinski definition) is 1. The first kappa shape index (κ1) is 67.4. The predicted octanol–water partition coefficient (Wildman–Crippen LogP) is 6.93. The maximum Gasteiger partial charge on any atom is 0.333 e. The van der Waals surface area contributed by atoms with E-state index in [-0.39, 0.29) is 80.2 Å². The number of esters is 10. The van der Waals surface area contributed by atoms with Crippen LogP contribution in [0.25, 0.3) is 0 Å². The number of carbonyl (C=O) groups excluding carboxylic acids is 10. The summed E-state index contributed by atoms with van der Waals surface area (Å²) in [5.41, 5.74) is -0.862. The van der Waals surface area contributed by atoms with Gasteiger partial charge in [0.15, 0.2) is 0 Å². The quantitative estimate of drug-likeness (QED) is 0.0779. The Balaban J connectivity index is 0.000000475. The van der Waals surface area contributed by atoms with Crippen molar-refractivity contribution < 1.29 is 100 Å². The van der Waals surface area contributed by atoms with E-state index >= 15 is 0 Å². The number of aliphatic hydroxyl groups excluding tert-OH is 1. The molecule has 0 bridgehead atoms. The van der Waals surface area contributed by atoms with Gasteiger partial charge in [0, 0.05) is 80.7 Å². The van der Waals surface area contributed by atoms with Gasteiger partial charge in [-0.2, -0.15) is 0 Å². The Kier molecular flexibility index (Phi) is 31.5. The summed E-state index contributed by atoms with van der Waals surface area (Å²) in [5.74, 6) is -3.35. The molecule has 21 heteroatoms. The number of cyclic esters (lactones) is 5. The van der Waals surface area contributed by atoms with E-state index in [9.17, 15) is 53.1 Å². The third kappa shape index (κ3) is 29.5. The first-order valence-corrected chi connectivity index (χ1v) is 25.5. The van der Waals surface area contributed by atoms with Crippen LogP contribution in [0.5, 0.6) is 0 Å². The van der Waals surface area contributed by atoms with Gasteiger partial charge in [-0.15, -0.1) is 0 Å². The maximum atomic E-state index is 11.4. The minimum absolute atomic E-state index is 0.0890. The third-order valence-electron chi connectivity index (χ3n) is 11.6. The number of ether oxygens (including phenoxy) is 10. The van der Waals surface area contributed by atoms with Crippen molar-refractivity contribution in [2.75, 3.05) is 19.8 Å². The van der Waals surface area contributed by atoms with Crippen LogP contribution in [-0.2, 0) is 95.3 Å². The molecule has 0 aromatic carbocycles. The molecule has 6 atom stereocenters. The average molecular weight is 1080 g/mol. The van der Waals surface area contributed by atoms with E-state index in [2.05, 4.69) is 37.6 Å². The summed E-state index contributed by atoms with van der Waals surface area (Å²) >= 11 is 0. The van der Waals surface area contributed by atoms with Gasteiger partial charge in [0.05, 0.1) is 19.3 Å². The molecule has 5 aliphatic rings. The van der Waals surface area contributed by atoms with Crippen molar-refractivity contribution in [3.05, 3.63) is 62.3 Å². The minimum atomic E-state index is -0.806. The van der Waals surface area contributed by atoms with Crippen LogP contribution in [-0.4, -0.2) is 132 Å². The largest absolute Gasteiger partial charge is 0.462 e. The highest BCUT2D eigenvalue weighted by atomic mass is 16.6. The van der Waals surface area contributed by atoms with Gasteiger partial charge in [0.25, 0.3) is 0 Å². The van der Waals surface area contributed by atoms with Crippen LogP contribution in [0.3, 0.4) is 0 Å². The van der Waals surface area contributed by atoms with E-state index in [1.54, 1.807) is 41.5 Å². The molecular formula is C55H80O21. The van der Waals surface area contributed by atoms with Crippen LogP contribution in [0.4, 0.5) is 0 Å². The minimum Gasteiger partial charge on any atom is -0.462 e. The zero-order valence-corrected chi connectivity index (χ0v) is 45.2. The lowest BCUT2D eigenvalue weighted by atomic mass is 9.94. The molecule has 21 nitrogen and oxygen atoms in total. The van der Waals surface area contributed by atoms with E-state index in [4.69, 9.17) is 42.6 Å². The molecule has 5 heterocycles. The Labute approximate surface area is 446 Å². The van der Waals surface area contributed by atoms with Gasteiger partial charge >= 0.3 is 59.7 Å². The van der Waals surface area contributed by atoms with E-state index in [1.165, 1.54) is 0 Å². The molecule has 426 valence electrons. The van der Waals surface area contributed by atoms with Crippen LogP contribution in [0.2, 0.25) is 0 Å². The molecule has 1 N–H and O–H groups in total. The summed E-state index contributed by atoms with van der Waals surface area (Å²) < 4.78 is 50.3. The van der Waals surface area contributed by atoms with Gasteiger partial charge in [-0.05, 0) is 106 Å². The third-order valence-corrected chi connectivity index (χ3v) is 11.6. The van der Waals surface area contributed by atoms with Gasteiger partial charge in [-0.1, -0.05) is 32.9 Å². The zero-order valence-electron chi connectivity index (χ0n) is 45.2. The molecule has 0 amide bonds. The molecule has 0 aromatic heterocycles. The van der Waals surface area contributed by atoms with Crippen LogP contribution < -0.4 is 0 Å². The van der Waals surface area contributed by atoms with Crippen molar-refractivity contribution >= 4 is 59.7 Å². The summed E-state index contributed by atoms with van der Waals surface area (Å²) in [7, 11) is 0. The zero-order chi connectivity index (χ0) is 57.4. The Morgan fingerprint density at radius 1 is 0.526 bits per heavy atom. The fourth-order valence-corrected chi connectivity index (χ4v) is 7.42. The number of carbonyl (C=O) groups is 10. The molecule has 6 unspecified atom stereocenters. The van der Waals surface area contributed by atoms with Crippen LogP contribution in [0, 0.1) is 0 Å². The lowest BCUT2D eigenvalue weighted by molar-refractivity contribution is -0.183. The summed E-state index contributed by atoms with van der Waals surface area (Å²) in [6.07, 6.45) is 13.0.